The molecule has 52 valence electrons. The van der Waals surface area contributed by atoms with Crippen molar-refractivity contribution in [1.29, 1.82) is 0 Å². The Morgan fingerprint density at radius 3 is 2.80 bits per heavy atom. The fraction of sp³-hybridized carbons (Fsp3) is 0. The van der Waals surface area contributed by atoms with E-state index in [2.05, 4.69) is 10.2 Å². The zero-order chi connectivity index (χ0) is 7.56. The number of rotatable bonds is 1. The Morgan fingerprint density at radius 1 is 1.70 bits per heavy atom. The van der Waals surface area contributed by atoms with Crippen LogP contribution in [-0.2, 0) is 0 Å². The summed E-state index contributed by atoms with van der Waals surface area (Å²) in [5.74, 6) is -1.13. The maximum absolute atomic E-state index is 10.2. The molecule has 0 aromatic carbocycles. The largest absolute Gasteiger partial charge is 0.476 e. The highest BCUT2D eigenvalue weighted by atomic mass is 35.5. The van der Waals surface area contributed by atoms with E-state index >= 15 is 0 Å². The number of carboxylic acid groups (broad SMARTS) is 1. The molecule has 0 fully saturated rings. The smallest absolute Gasteiger partial charge is 0.356 e. The van der Waals surface area contributed by atoms with Crippen molar-refractivity contribution in [3.8, 4) is 0 Å². The van der Waals surface area contributed by atoms with E-state index in [1.807, 2.05) is 0 Å². The summed E-state index contributed by atoms with van der Waals surface area (Å²) < 4.78 is 0. The molecule has 0 aliphatic rings. The zero-order valence-electron chi connectivity index (χ0n) is 4.78. The van der Waals surface area contributed by atoms with E-state index in [1.54, 1.807) is 0 Å². The topological polar surface area (TPSA) is 63.1 Å². The van der Waals surface area contributed by atoms with Crippen LogP contribution in [0.3, 0.4) is 0 Å². The quantitative estimate of drug-likeness (QED) is 0.658. The summed E-state index contributed by atoms with van der Waals surface area (Å²) in [5.41, 5.74) is -0.146. The standard InChI is InChI=1S/C5H3ClN2O2/c6-3-1-4(5(9)10)8-7-2-3/h1-2H,(H,9,10). The SMILES string of the molecule is O=C(O)c1cc(Cl)cnn1. The minimum absolute atomic E-state index is 0.146. The summed E-state index contributed by atoms with van der Waals surface area (Å²) in [6, 6.07) is 1.23. The molecule has 0 saturated heterocycles. The van der Waals surface area contributed by atoms with Gasteiger partial charge in [-0.15, -0.1) is 5.10 Å². The molecule has 0 aliphatic carbocycles. The number of hydrogen-bond donors (Lipinski definition) is 1. The lowest BCUT2D eigenvalue weighted by molar-refractivity contribution is 0.0689. The molecule has 4 nitrogen and oxygen atoms in total. The molecule has 5 heteroatoms. The molecular formula is C5H3ClN2O2. The lowest BCUT2D eigenvalue weighted by atomic mass is 10.4. The van der Waals surface area contributed by atoms with Crippen molar-refractivity contribution in [2.24, 2.45) is 0 Å². The fourth-order valence-electron chi connectivity index (χ4n) is 0.447. The van der Waals surface area contributed by atoms with Gasteiger partial charge in [0.1, 0.15) is 0 Å². The van der Waals surface area contributed by atoms with Crippen molar-refractivity contribution in [3.05, 3.63) is 23.0 Å². The van der Waals surface area contributed by atoms with Gasteiger partial charge in [-0.1, -0.05) is 11.6 Å². The monoisotopic (exact) mass is 158 g/mol. The first-order chi connectivity index (χ1) is 4.70. The van der Waals surface area contributed by atoms with Gasteiger partial charge in [0, 0.05) is 0 Å². The molecule has 1 aromatic heterocycles. The van der Waals surface area contributed by atoms with Crippen molar-refractivity contribution in [2.75, 3.05) is 0 Å². The van der Waals surface area contributed by atoms with E-state index in [9.17, 15) is 4.79 Å². The summed E-state index contributed by atoms with van der Waals surface area (Å²) in [7, 11) is 0. The third kappa shape index (κ3) is 1.41. The first-order valence-corrected chi connectivity index (χ1v) is 2.79. The molecule has 0 amide bonds. The lowest BCUT2D eigenvalue weighted by Crippen LogP contribution is -2.00. The molecule has 0 atom stereocenters. The van der Waals surface area contributed by atoms with Crippen LogP contribution in [0.2, 0.25) is 5.02 Å². The lowest BCUT2D eigenvalue weighted by Gasteiger charge is -1.89. The van der Waals surface area contributed by atoms with Gasteiger partial charge in [-0.2, -0.15) is 5.10 Å². The van der Waals surface area contributed by atoms with Crippen LogP contribution in [0, 0.1) is 0 Å². The highest BCUT2D eigenvalue weighted by Crippen LogP contribution is 2.05. The first-order valence-electron chi connectivity index (χ1n) is 2.41. The molecule has 1 rings (SSSR count). The summed E-state index contributed by atoms with van der Waals surface area (Å²) in [6.07, 6.45) is 1.27. The average Bonchev–Trinajstić information content (AvgIpc) is 1.88. The predicted molar refractivity (Wildman–Crippen MR) is 34.0 cm³/mol. The normalized spacial score (nSPS) is 9.30. The van der Waals surface area contributed by atoms with Crippen LogP contribution in [0.5, 0.6) is 0 Å². The third-order valence-corrected chi connectivity index (χ3v) is 1.05. The molecular weight excluding hydrogens is 156 g/mol. The van der Waals surface area contributed by atoms with E-state index in [0.29, 0.717) is 0 Å². The number of halogens is 1. The molecule has 0 unspecified atom stereocenters. The van der Waals surface area contributed by atoms with Crippen LogP contribution in [-0.4, -0.2) is 21.3 Å². The van der Waals surface area contributed by atoms with Gasteiger partial charge in [0.2, 0.25) is 0 Å². The fourth-order valence-corrected chi connectivity index (χ4v) is 0.594. The summed E-state index contributed by atoms with van der Waals surface area (Å²) >= 11 is 5.42. The van der Waals surface area contributed by atoms with Gasteiger partial charge in [-0.05, 0) is 6.07 Å². The van der Waals surface area contributed by atoms with E-state index in [1.165, 1.54) is 12.3 Å². The Bertz CT molecular complexity index is 264. The van der Waals surface area contributed by atoms with Gasteiger partial charge < -0.3 is 5.11 Å². The van der Waals surface area contributed by atoms with Gasteiger partial charge in [0.25, 0.3) is 0 Å². The highest BCUT2D eigenvalue weighted by molar-refractivity contribution is 6.30. The third-order valence-electron chi connectivity index (χ3n) is 0.840. The van der Waals surface area contributed by atoms with Crippen molar-refractivity contribution in [3.63, 3.8) is 0 Å². The minimum Gasteiger partial charge on any atom is -0.476 e. The average molecular weight is 159 g/mol. The molecule has 1 N–H and O–H groups in total. The number of carboxylic acids is 1. The van der Waals surface area contributed by atoms with Gasteiger partial charge in [-0.25, -0.2) is 4.79 Å². The van der Waals surface area contributed by atoms with E-state index in [0.717, 1.165) is 0 Å². The van der Waals surface area contributed by atoms with Crippen molar-refractivity contribution in [1.82, 2.24) is 10.2 Å². The number of aromatic carboxylic acids is 1. The Morgan fingerprint density at radius 2 is 2.40 bits per heavy atom. The van der Waals surface area contributed by atoms with Crippen LogP contribution >= 0.6 is 11.6 Å². The van der Waals surface area contributed by atoms with Crippen molar-refractivity contribution < 1.29 is 9.90 Å². The molecule has 0 aliphatic heterocycles. The Hall–Kier alpha value is -1.16. The van der Waals surface area contributed by atoms with Gasteiger partial charge in [-0.3, -0.25) is 0 Å². The Labute approximate surface area is 61.5 Å². The second-order valence-electron chi connectivity index (χ2n) is 1.56. The van der Waals surface area contributed by atoms with Crippen LogP contribution in [0.1, 0.15) is 10.5 Å². The van der Waals surface area contributed by atoms with Gasteiger partial charge in [0.15, 0.2) is 5.69 Å². The van der Waals surface area contributed by atoms with Gasteiger partial charge >= 0.3 is 5.97 Å². The summed E-state index contributed by atoms with van der Waals surface area (Å²) in [4.78, 5) is 10.2. The minimum atomic E-state index is -1.13. The summed E-state index contributed by atoms with van der Waals surface area (Å²) in [6.45, 7) is 0. The Kier molecular flexibility index (Phi) is 1.82. The number of carbonyl (C=O) groups is 1. The number of nitrogens with zero attached hydrogens (tertiary/aromatic N) is 2. The van der Waals surface area contributed by atoms with E-state index in [4.69, 9.17) is 16.7 Å². The molecule has 0 saturated carbocycles. The molecule has 0 spiro atoms. The number of hydrogen-bond acceptors (Lipinski definition) is 3. The van der Waals surface area contributed by atoms with Crippen LogP contribution in [0.15, 0.2) is 12.3 Å². The molecule has 0 bridgehead atoms. The van der Waals surface area contributed by atoms with Crippen LogP contribution in [0.4, 0.5) is 0 Å². The maximum Gasteiger partial charge on any atom is 0.356 e. The predicted octanol–water partition coefficient (Wildman–Crippen LogP) is 0.828. The first kappa shape index (κ1) is 6.95. The highest BCUT2D eigenvalue weighted by Gasteiger charge is 2.03. The molecule has 0 radical (unpaired) electrons. The zero-order valence-corrected chi connectivity index (χ0v) is 5.54. The second kappa shape index (κ2) is 2.62. The Balaban J connectivity index is 3.07. The van der Waals surface area contributed by atoms with Crippen LogP contribution in [0.25, 0.3) is 0 Å². The molecule has 1 heterocycles. The molecule has 1 aromatic rings. The van der Waals surface area contributed by atoms with Crippen molar-refractivity contribution >= 4 is 17.6 Å². The van der Waals surface area contributed by atoms with E-state index < -0.39 is 5.97 Å². The summed E-state index contributed by atoms with van der Waals surface area (Å²) in [5, 5.41) is 15.3. The van der Waals surface area contributed by atoms with E-state index in [-0.39, 0.29) is 10.7 Å². The second-order valence-corrected chi connectivity index (χ2v) is 2.00. The van der Waals surface area contributed by atoms with Crippen molar-refractivity contribution in [2.45, 2.75) is 0 Å². The molecule has 10 heavy (non-hydrogen) atoms. The van der Waals surface area contributed by atoms with Crippen LogP contribution < -0.4 is 0 Å². The van der Waals surface area contributed by atoms with Gasteiger partial charge in [0.05, 0.1) is 11.2 Å². The maximum atomic E-state index is 10.2. The number of aromatic nitrogens is 2.